The maximum Gasteiger partial charge on any atom is 0.239 e. The van der Waals surface area contributed by atoms with Gasteiger partial charge in [-0.05, 0) is 26.3 Å². The van der Waals surface area contributed by atoms with Gasteiger partial charge in [0.2, 0.25) is 5.91 Å². The van der Waals surface area contributed by atoms with Crippen molar-refractivity contribution in [1.29, 1.82) is 0 Å². The highest BCUT2D eigenvalue weighted by molar-refractivity contribution is 5.82. The minimum atomic E-state index is 0.0836. The smallest absolute Gasteiger partial charge is 0.239 e. The monoisotopic (exact) mass is 198 g/mol. The summed E-state index contributed by atoms with van der Waals surface area (Å²) in [7, 11) is 0. The molecule has 0 aliphatic carbocycles. The Bertz CT molecular complexity index is 216. The lowest BCUT2D eigenvalue weighted by atomic mass is 10.1. The first-order valence-electron chi connectivity index (χ1n) is 5.41. The normalized spacial score (nSPS) is 33.4. The Balaban J connectivity index is 1.90. The Morgan fingerprint density at radius 3 is 3.00 bits per heavy atom. The van der Waals surface area contributed by atoms with Crippen molar-refractivity contribution in [2.75, 3.05) is 26.2 Å². The molecule has 4 nitrogen and oxygen atoms in total. The van der Waals surface area contributed by atoms with Gasteiger partial charge in [0, 0.05) is 19.7 Å². The maximum atomic E-state index is 11.9. The number of carbonyl (C=O) groups is 1. The van der Waals surface area contributed by atoms with Crippen LogP contribution in [-0.2, 0) is 9.53 Å². The van der Waals surface area contributed by atoms with Crippen LogP contribution in [0.1, 0.15) is 19.8 Å². The second-order valence-corrected chi connectivity index (χ2v) is 4.11. The second-order valence-electron chi connectivity index (χ2n) is 4.11. The Morgan fingerprint density at radius 2 is 2.36 bits per heavy atom. The zero-order valence-corrected chi connectivity index (χ0v) is 8.66. The zero-order valence-electron chi connectivity index (χ0n) is 8.66. The molecule has 0 aromatic heterocycles. The molecule has 2 aliphatic heterocycles. The van der Waals surface area contributed by atoms with Crippen molar-refractivity contribution >= 4 is 5.91 Å². The highest BCUT2D eigenvalue weighted by Crippen LogP contribution is 2.11. The maximum absolute atomic E-state index is 11.9. The van der Waals surface area contributed by atoms with Crippen molar-refractivity contribution in [2.24, 2.45) is 0 Å². The van der Waals surface area contributed by atoms with Crippen LogP contribution in [0.3, 0.4) is 0 Å². The van der Waals surface area contributed by atoms with Gasteiger partial charge in [0.05, 0.1) is 12.1 Å². The van der Waals surface area contributed by atoms with Crippen LogP contribution in [0, 0.1) is 0 Å². The molecule has 0 saturated carbocycles. The molecular formula is C10H18N2O2. The Morgan fingerprint density at radius 1 is 1.57 bits per heavy atom. The highest BCUT2D eigenvalue weighted by Gasteiger charge is 2.30. The van der Waals surface area contributed by atoms with Gasteiger partial charge in [0.25, 0.3) is 0 Å². The third-order valence-corrected chi connectivity index (χ3v) is 2.89. The average molecular weight is 198 g/mol. The number of nitrogens with zero attached hydrogens (tertiary/aromatic N) is 1. The van der Waals surface area contributed by atoms with Gasteiger partial charge >= 0.3 is 0 Å². The first-order chi connectivity index (χ1) is 6.77. The number of rotatable bonds is 1. The fourth-order valence-electron chi connectivity index (χ4n) is 1.91. The quantitative estimate of drug-likeness (QED) is 0.644. The summed E-state index contributed by atoms with van der Waals surface area (Å²) in [6.07, 6.45) is 2.13. The summed E-state index contributed by atoms with van der Waals surface area (Å²) in [4.78, 5) is 13.8. The molecule has 0 bridgehead atoms. The standard InChI is InChI=1S/C10H18N2O2/c1-8-7-12(5-2-6-14-8)10(13)9-3-4-11-9/h8-9,11H,2-7H2,1H3/t8?,9-/m1/s1. The van der Waals surface area contributed by atoms with E-state index in [4.69, 9.17) is 4.74 Å². The zero-order chi connectivity index (χ0) is 9.97. The highest BCUT2D eigenvalue weighted by atomic mass is 16.5. The molecule has 1 N–H and O–H groups in total. The molecule has 2 fully saturated rings. The number of hydrogen-bond donors (Lipinski definition) is 1. The van der Waals surface area contributed by atoms with Crippen molar-refractivity contribution in [3.63, 3.8) is 0 Å². The average Bonchev–Trinajstić information content (AvgIpc) is 2.26. The molecule has 2 rings (SSSR count). The van der Waals surface area contributed by atoms with E-state index in [2.05, 4.69) is 5.32 Å². The number of hydrogen-bond acceptors (Lipinski definition) is 3. The molecule has 0 aromatic rings. The Labute approximate surface area is 84.6 Å². The van der Waals surface area contributed by atoms with E-state index in [9.17, 15) is 4.79 Å². The summed E-state index contributed by atoms with van der Waals surface area (Å²) in [5.74, 6) is 0.258. The van der Waals surface area contributed by atoms with E-state index in [0.717, 1.165) is 39.1 Å². The van der Waals surface area contributed by atoms with Gasteiger partial charge in [-0.3, -0.25) is 4.79 Å². The fourth-order valence-corrected chi connectivity index (χ4v) is 1.91. The number of ether oxygens (including phenoxy) is 1. The van der Waals surface area contributed by atoms with Gasteiger partial charge in [-0.1, -0.05) is 0 Å². The van der Waals surface area contributed by atoms with E-state index < -0.39 is 0 Å². The van der Waals surface area contributed by atoms with Crippen LogP contribution in [-0.4, -0.2) is 49.2 Å². The van der Waals surface area contributed by atoms with Crippen molar-refractivity contribution in [3.8, 4) is 0 Å². The summed E-state index contributed by atoms with van der Waals surface area (Å²) in [5.41, 5.74) is 0. The lowest BCUT2D eigenvalue weighted by Crippen LogP contribution is -2.55. The predicted octanol–water partition coefficient (Wildman–Crippen LogP) is -0.0143. The largest absolute Gasteiger partial charge is 0.377 e. The first kappa shape index (κ1) is 9.93. The number of nitrogens with one attached hydrogen (secondary N) is 1. The lowest BCUT2D eigenvalue weighted by molar-refractivity contribution is -0.135. The molecule has 2 heterocycles. The molecule has 4 heteroatoms. The van der Waals surface area contributed by atoms with Crippen LogP contribution >= 0.6 is 0 Å². The SMILES string of the molecule is CC1CN(C(=O)[C@H]2CCN2)CCCO1. The molecule has 0 spiro atoms. The Hall–Kier alpha value is -0.610. The van der Waals surface area contributed by atoms with Gasteiger partial charge in [0.1, 0.15) is 0 Å². The van der Waals surface area contributed by atoms with Crippen LogP contribution < -0.4 is 5.32 Å². The van der Waals surface area contributed by atoms with Crippen molar-refractivity contribution in [3.05, 3.63) is 0 Å². The van der Waals surface area contributed by atoms with E-state index in [-0.39, 0.29) is 18.1 Å². The molecular weight excluding hydrogens is 180 g/mol. The molecule has 14 heavy (non-hydrogen) atoms. The molecule has 1 unspecified atom stereocenters. The molecule has 2 atom stereocenters. The fraction of sp³-hybridized carbons (Fsp3) is 0.900. The summed E-state index contributed by atoms with van der Waals surface area (Å²) >= 11 is 0. The van der Waals surface area contributed by atoms with E-state index in [1.165, 1.54) is 0 Å². The van der Waals surface area contributed by atoms with Crippen LogP contribution in [0.2, 0.25) is 0 Å². The van der Waals surface area contributed by atoms with Gasteiger partial charge in [-0.15, -0.1) is 0 Å². The first-order valence-corrected chi connectivity index (χ1v) is 5.41. The Kier molecular flexibility index (Phi) is 3.03. The van der Waals surface area contributed by atoms with Gasteiger partial charge < -0.3 is 15.0 Å². The summed E-state index contributed by atoms with van der Waals surface area (Å²) in [5, 5.41) is 3.15. The topological polar surface area (TPSA) is 41.6 Å². The minimum Gasteiger partial charge on any atom is -0.377 e. The third kappa shape index (κ3) is 2.07. The molecule has 1 amide bonds. The molecule has 0 aromatic carbocycles. The third-order valence-electron chi connectivity index (χ3n) is 2.89. The number of carbonyl (C=O) groups excluding carboxylic acids is 1. The molecule has 0 radical (unpaired) electrons. The van der Waals surface area contributed by atoms with Crippen LogP contribution in [0.4, 0.5) is 0 Å². The number of amides is 1. The van der Waals surface area contributed by atoms with Crippen molar-refractivity contribution in [1.82, 2.24) is 10.2 Å². The van der Waals surface area contributed by atoms with E-state index in [0.29, 0.717) is 0 Å². The van der Waals surface area contributed by atoms with Crippen LogP contribution in [0.15, 0.2) is 0 Å². The molecule has 80 valence electrons. The van der Waals surface area contributed by atoms with Gasteiger partial charge in [-0.2, -0.15) is 0 Å². The predicted molar refractivity (Wildman–Crippen MR) is 53.0 cm³/mol. The minimum absolute atomic E-state index is 0.0836. The van der Waals surface area contributed by atoms with Gasteiger partial charge in [0.15, 0.2) is 0 Å². The summed E-state index contributed by atoms with van der Waals surface area (Å²) in [6.45, 7) is 5.39. The molecule has 2 aliphatic rings. The van der Waals surface area contributed by atoms with Crippen molar-refractivity contribution in [2.45, 2.75) is 31.9 Å². The van der Waals surface area contributed by atoms with Crippen LogP contribution in [0.25, 0.3) is 0 Å². The second kappa shape index (κ2) is 4.28. The summed E-state index contributed by atoms with van der Waals surface area (Å²) < 4.78 is 5.50. The summed E-state index contributed by atoms with van der Waals surface area (Å²) in [6, 6.07) is 0.0836. The van der Waals surface area contributed by atoms with E-state index in [1.54, 1.807) is 0 Å². The van der Waals surface area contributed by atoms with Gasteiger partial charge in [-0.25, -0.2) is 0 Å². The lowest BCUT2D eigenvalue weighted by Gasteiger charge is -2.32. The molecule has 2 saturated heterocycles. The van der Waals surface area contributed by atoms with E-state index >= 15 is 0 Å². The van der Waals surface area contributed by atoms with Crippen molar-refractivity contribution < 1.29 is 9.53 Å². The van der Waals surface area contributed by atoms with Crippen LogP contribution in [0.5, 0.6) is 0 Å². The van der Waals surface area contributed by atoms with E-state index in [1.807, 2.05) is 11.8 Å².